The Balaban J connectivity index is 2.35. The second-order valence-corrected chi connectivity index (χ2v) is 6.42. The van der Waals surface area contributed by atoms with Crippen LogP contribution in [0.3, 0.4) is 0 Å². The minimum Gasteiger partial charge on any atom is -0.307 e. The van der Waals surface area contributed by atoms with Crippen LogP contribution in [0.2, 0.25) is 5.02 Å². The van der Waals surface area contributed by atoms with Gasteiger partial charge in [0.15, 0.2) is 0 Å². The molecule has 1 amide bonds. The second kappa shape index (κ2) is 6.27. The fraction of sp³-hybridized carbons (Fsp3) is 0.294. The van der Waals surface area contributed by atoms with E-state index in [1.165, 1.54) is 0 Å². The maximum absolute atomic E-state index is 12.7. The van der Waals surface area contributed by atoms with Crippen molar-refractivity contribution in [1.29, 1.82) is 0 Å². The van der Waals surface area contributed by atoms with Crippen molar-refractivity contribution in [3.8, 4) is 0 Å². The summed E-state index contributed by atoms with van der Waals surface area (Å²) in [5, 5.41) is 0.656. The highest BCUT2D eigenvalue weighted by molar-refractivity contribution is 6.30. The fourth-order valence-corrected chi connectivity index (χ4v) is 2.11. The van der Waals surface area contributed by atoms with E-state index in [2.05, 4.69) is 4.98 Å². The number of rotatable bonds is 3. The van der Waals surface area contributed by atoms with E-state index in [0.29, 0.717) is 11.6 Å². The molecule has 0 atom stereocenters. The third-order valence-electron chi connectivity index (χ3n) is 3.09. The van der Waals surface area contributed by atoms with E-state index in [4.69, 9.17) is 11.6 Å². The quantitative estimate of drug-likeness (QED) is 0.846. The first-order valence-electron chi connectivity index (χ1n) is 6.84. The zero-order valence-electron chi connectivity index (χ0n) is 12.5. The molecule has 0 N–H and O–H groups in total. The van der Waals surface area contributed by atoms with Crippen LogP contribution in [0.1, 0.15) is 26.3 Å². The van der Waals surface area contributed by atoms with E-state index in [-0.39, 0.29) is 5.91 Å². The predicted octanol–water partition coefficient (Wildman–Crippen LogP) is 4.31. The molecule has 0 aliphatic heterocycles. The average Bonchev–Trinajstić information content (AvgIpc) is 2.45. The zero-order valence-corrected chi connectivity index (χ0v) is 13.3. The molecular weight excluding hydrogens is 284 g/mol. The molecule has 0 aliphatic rings. The minimum atomic E-state index is -0.457. The van der Waals surface area contributed by atoms with Crippen LogP contribution in [0.4, 0.5) is 5.69 Å². The van der Waals surface area contributed by atoms with Crippen LogP contribution in [0.15, 0.2) is 48.8 Å². The molecule has 2 rings (SSSR count). The summed E-state index contributed by atoms with van der Waals surface area (Å²) in [5.41, 5.74) is 1.37. The Morgan fingerprint density at radius 2 is 1.86 bits per heavy atom. The Bertz CT molecular complexity index is 603. The Morgan fingerprint density at radius 1 is 1.19 bits per heavy atom. The van der Waals surface area contributed by atoms with Gasteiger partial charge in [-0.3, -0.25) is 9.78 Å². The van der Waals surface area contributed by atoms with E-state index in [1.54, 1.807) is 29.4 Å². The normalized spacial score (nSPS) is 11.2. The molecule has 0 unspecified atom stereocenters. The molecule has 0 saturated heterocycles. The molecule has 0 radical (unpaired) electrons. The standard InChI is InChI=1S/C17H19ClN2O/c1-17(2,3)16(21)20(12-13-5-4-10-19-11-13)15-8-6-14(18)7-9-15/h4-11H,12H2,1-3H3. The van der Waals surface area contributed by atoms with E-state index in [9.17, 15) is 4.79 Å². The van der Waals surface area contributed by atoms with Crippen LogP contribution in [-0.2, 0) is 11.3 Å². The lowest BCUT2D eigenvalue weighted by molar-refractivity contribution is -0.125. The number of halogens is 1. The number of nitrogens with zero attached hydrogens (tertiary/aromatic N) is 2. The number of hydrogen-bond acceptors (Lipinski definition) is 2. The lowest BCUT2D eigenvalue weighted by Gasteiger charge is -2.29. The third-order valence-corrected chi connectivity index (χ3v) is 3.34. The first-order chi connectivity index (χ1) is 9.88. The summed E-state index contributed by atoms with van der Waals surface area (Å²) in [6, 6.07) is 11.2. The van der Waals surface area contributed by atoms with Crippen molar-refractivity contribution < 1.29 is 4.79 Å². The van der Waals surface area contributed by atoms with E-state index < -0.39 is 5.41 Å². The molecule has 110 valence electrons. The van der Waals surface area contributed by atoms with Gasteiger partial charge in [-0.2, -0.15) is 0 Å². The van der Waals surface area contributed by atoms with E-state index in [0.717, 1.165) is 11.3 Å². The molecule has 0 fully saturated rings. The highest BCUT2D eigenvalue weighted by atomic mass is 35.5. The number of hydrogen-bond donors (Lipinski definition) is 0. The molecule has 1 aromatic carbocycles. The van der Waals surface area contributed by atoms with Crippen molar-refractivity contribution in [1.82, 2.24) is 4.98 Å². The lowest BCUT2D eigenvalue weighted by Crippen LogP contribution is -2.39. The molecule has 21 heavy (non-hydrogen) atoms. The number of amides is 1. The Morgan fingerprint density at radius 3 is 2.38 bits per heavy atom. The first-order valence-corrected chi connectivity index (χ1v) is 7.22. The molecule has 3 nitrogen and oxygen atoms in total. The van der Waals surface area contributed by atoms with Gasteiger partial charge in [0.2, 0.25) is 5.91 Å². The van der Waals surface area contributed by atoms with Crippen molar-refractivity contribution in [2.45, 2.75) is 27.3 Å². The monoisotopic (exact) mass is 302 g/mol. The van der Waals surface area contributed by atoms with Gasteiger partial charge < -0.3 is 4.90 Å². The van der Waals surface area contributed by atoms with Crippen LogP contribution in [0.25, 0.3) is 0 Å². The summed E-state index contributed by atoms with van der Waals surface area (Å²) in [5.74, 6) is 0.0636. The minimum absolute atomic E-state index is 0.0636. The lowest BCUT2D eigenvalue weighted by atomic mass is 9.94. The average molecular weight is 303 g/mol. The maximum Gasteiger partial charge on any atom is 0.232 e. The molecule has 0 aliphatic carbocycles. The van der Waals surface area contributed by atoms with Crippen molar-refractivity contribution in [2.24, 2.45) is 5.41 Å². The number of carbonyl (C=O) groups is 1. The largest absolute Gasteiger partial charge is 0.307 e. The van der Waals surface area contributed by atoms with Crippen molar-refractivity contribution in [3.05, 3.63) is 59.4 Å². The number of aromatic nitrogens is 1. The predicted molar refractivity (Wildman–Crippen MR) is 86.3 cm³/mol. The van der Waals surface area contributed by atoms with Crippen LogP contribution < -0.4 is 4.90 Å². The molecule has 4 heteroatoms. The van der Waals surface area contributed by atoms with Gasteiger partial charge in [0.1, 0.15) is 0 Å². The summed E-state index contributed by atoms with van der Waals surface area (Å²) in [6.07, 6.45) is 3.50. The van der Waals surface area contributed by atoms with Gasteiger partial charge in [-0.1, -0.05) is 38.4 Å². The highest BCUT2D eigenvalue weighted by Crippen LogP contribution is 2.26. The number of carbonyl (C=O) groups excluding carboxylic acids is 1. The summed E-state index contributed by atoms with van der Waals surface area (Å²) >= 11 is 5.93. The summed E-state index contributed by atoms with van der Waals surface area (Å²) < 4.78 is 0. The fourth-order valence-electron chi connectivity index (χ4n) is 1.98. The Labute approximate surface area is 130 Å². The van der Waals surface area contributed by atoms with Crippen LogP contribution in [-0.4, -0.2) is 10.9 Å². The molecular formula is C17H19ClN2O. The van der Waals surface area contributed by atoms with Crippen molar-refractivity contribution >= 4 is 23.2 Å². The van der Waals surface area contributed by atoms with Crippen molar-refractivity contribution in [2.75, 3.05) is 4.90 Å². The number of pyridine rings is 1. The number of benzene rings is 1. The van der Waals surface area contributed by atoms with E-state index in [1.807, 2.05) is 45.0 Å². The Hall–Kier alpha value is -1.87. The summed E-state index contributed by atoms with van der Waals surface area (Å²) in [4.78, 5) is 18.6. The molecule has 2 aromatic rings. The second-order valence-electron chi connectivity index (χ2n) is 5.98. The van der Waals surface area contributed by atoms with Gasteiger partial charge >= 0.3 is 0 Å². The number of anilines is 1. The van der Waals surface area contributed by atoms with Gasteiger partial charge in [0, 0.05) is 28.5 Å². The zero-order chi connectivity index (χ0) is 15.5. The summed E-state index contributed by atoms with van der Waals surface area (Å²) in [6.45, 7) is 6.25. The van der Waals surface area contributed by atoms with Gasteiger partial charge in [-0.15, -0.1) is 0 Å². The topological polar surface area (TPSA) is 33.2 Å². The molecule has 0 saturated carbocycles. The van der Waals surface area contributed by atoms with Gasteiger partial charge in [0.25, 0.3) is 0 Å². The van der Waals surface area contributed by atoms with Crippen LogP contribution >= 0.6 is 11.6 Å². The van der Waals surface area contributed by atoms with Gasteiger partial charge in [0.05, 0.1) is 6.54 Å². The maximum atomic E-state index is 12.7. The molecule has 0 spiro atoms. The van der Waals surface area contributed by atoms with Crippen LogP contribution in [0.5, 0.6) is 0 Å². The highest BCUT2D eigenvalue weighted by Gasteiger charge is 2.28. The van der Waals surface area contributed by atoms with E-state index >= 15 is 0 Å². The Kier molecular flexibility index (Phi) is 4.63. The SMILES string of the molecule is CC(C)(C)C(=O)N(Cc1cccnc1)c1ccc(Cl)cc1. The van der Waals surface area contributed by atoms with Crippen LogP contribution in [0, 0.1) is 5.41 Å². The molecule has 1 aromatic heterocycles. The van der Waals surface area contributed by atoms with Crippen molar-refractivity contribution in [3.63, 3.8) is 0 Å². The van der Waals surface area contributed by atoms with Gasteiger partial charge in [-0.05, 0) is 35.9 Å². The third kappa shape index (κ3) is 4.05. The first kappa shape index (κ1) is 15.5. The summed E-state index contributed by atoms with van der Waals surface area (Å²) in [7, 11) is 0. The smallest absolute Gasteiger partial charge is 0.232 e. The molecule has 0 bridgehead atoms. The molecule has 1 heterocycles. The van der Waals surface area contributed by atoms with Gasteiger partial charge in [-0.25, -0.2) is 0 Å².